The molecule has 2 rings (SSSR count). The molecular formula is C18H23N5O2. The minimum absolute atomic E-state index is 0.163. The van der Waals surface area contributed by atoms with Gasteiger partial charge in [0.1, 0.15) is 0 Å². The van der Waals surface area contributed by atoms with Crippen molar-refractivity contribution in [3.8, 4) is 0 Å². The molecule has 2 amide bonds. The Kier molecular flexibility index (Phi) is 6.47. The van der Waals surface area contributed by atoms with Crippen molar-refractivity contribution < 1.29 is 9.59 Å². The molecule has 7 nitrogen and oxygen atoms in total. The lowest BCUT2D eigenvalue weighted by atomic mass is 10.2. The summed E-state index contributed by atoms with van der Waals surface area (Å²) in [6.45, 7) is 3.08. The van der Waals surface area contributed by atoms with Gasteiger partial charge in [0.05, 0.1) is 11.3 Å². The fourth-order valence-electron chi connectivity index (χ4n) is 2.17. The van der Waals surface area contributed by atoms with E-state index in [2.05, 4.69) is 25.8 Å². The summed E-state index contributed by atoms with van der Waals surface area (Å²) in [6.07, 6.45) is 3.20. The minimum atomic E-state index is -0.260. The Labute approximate surface area is 147 Å². The molecule has 3 N–H and O–H groups in total. The maximum Gasteiger partial charge on any atom is 0.257 e. The molecule has 0 fully saturated rings. The lowest BCUT2D eigenvalue weighted by molar-refractivity contribution is -0.114. The van der Waals surface area contributed by atoms with Crippen molar-refractivity contribution in [3.05, 3.63) is 48.3 Å². The number of benzene rings is 1. The number of nitrogens with zero attached hydrogens (tertiary/aromatic N) is 2. The number of rotatable bonds is 7. The van der Waals surface area contributed by atoms with Gasteiger partial charge >= 0.3 is 0 Å². The molecular weight excluding hydrogens is 318 g/mol. The molecule has 7 heteroatoms. The lowest BCUT2D eigenvalue weighted by Gasteiger charge is -2.12. The molecule has 1 heterocycles. The second kappa shape index (κ2) is 8.79. The first-order chi connectivity index (χ1) is 11.9. The van der Waals surface area contributed by atoms with Gasteiger partial charge in [0.15, 0.2) is 0 Å². The molecule has 0 saturated carbocycles. The van der Waals surface area contributed by atoms with E-state index in [1.165, 1.54) is 13.1 Å². The fourth-order valence-corrected chi connectivity index (χ4v) is 2.17. The third-order valence-electron chi connectivity index (χ3n) is 3.33. The maximum absolute atomic E-state index is 12.4. The largest absolute Gasteiger partial charge is 0.382 e. The first kappa shape index (κ1) is 18.4. The van der Waals surface area contributed by atoms with Gasteiger partial charge in [0.25, 0.3) is 5.91 Å². The van der Waals surface area contributed by atoms with Gasteiger partial charge in [-0.05, 0) is 38.4 Å². The Bertz CT molecular complexity index is 746. The average molecular weight is 341 g/mol. The number of aromatic nitrogens is 1. The zero-order valence-corrected chi connectivity index (χ0v) is 14.7. The normalized spacial score (nSPS) is 10.4. The van der Waals surface area contributed by atoms with Crippen molar-refractivity contribution >= 4 is 28.9 Å². The van der Waals surface area contributed by atoms with E-state index in [0.717, 1.165) is 18.8 Å². The van der Waals surface area contributed by atoms with Gasteiger partial charge in [0.2, 0.25) is 5.91 Å². The number of anilines is 3. The number of pyridine rings is 1. The first-order valence-corrected chi connectivity index (χ1v) is 7.96. The molecule has 0 aliphatic heterocycles. The van der Waals surface area contributed by atoms with Gasteiger partial charge in [-0.25, -0.2) is 0 Å². The molecule has 0 saturated heterocycles. The van der Waals surface area contributed by atoms with Crippen LogP contribution in [0.1, 0.15) is 17.3 Å². The molecule has 1 aromatic heterocycles. The SMILES string of the molecule is CC(=O)Nc1cccc(NC(=O)c2cncc(NCCN(C)C)c2)c1. The molecule has 25 heavy (non-hydrogen) atoms. The number of nitrogens with one attached hydrogen (secondary N) is 3. The van der Waals surface area contributed by atoms with Crippen LogP contribution in [0.4, 0.5) is 17.1 Å². The Morgan fingerprint density at radius 3 is 2.44 bits per heavy atom. The Morgan fingerprint density at radius 1 is 1.04 bits per heavy atom. The molecule has 0 aliphatic rings. The Balaban J connectivity index is 2.02. The summed E-state index contributed by atoms with van der Waals surface area (Å²) < 4.78 is 0. The summed E-state index contributed by atoms with van der Waals surface area (Å²) in [5.41, 5.74) is 2.48. The van der Waals surface area contributed by atoms with E-state index >= 15 is 0 Å². The predicted molar refractivity (Wildman–Crippen MR) is 100.0 cm³/mol. The summed E-state index contributed by atoms with van der Waals surface area (Å²) >= 11 is 0. The second-order valence-electron chi connectivity index (χ2n) is 5.91. The van der Waals surface area contributed by atoms with Crippen LogP contribution in [0.15, 0.2) is 42.7 Å². The number of carbonyl (C=O) groups excluding carboxylic acids is 2. The van der Waals surface area contributed by atoms with Crippen LogP contribution in [0.25, 0.3) is 0 Å². The molecule has 132 valence electrons. The highest BCUT2D eigenvalue weighted by Gasteiger charge is 2.08. The van der Waals surface area contributed by atoms with Crippen LogP contribution in [-0.2, 0) is 4.79 Å². The quantitative estimate of drug-likeness (QED) is 0.719. The van der Waals surface area contributed by atoms with Crippen molar-refractivity contribution in [2.24, 2.45) is 0 Å². The highest BCUT2D eigenvalue weighted by molar-refractivity contribution is 6.05. The van der Waals surface area contributed by atoms with Gasteiger partial charge in [-0.1, -0.05) is 6.07 Å². The van der Waals surface area contributed by atoms with Crippen LogP contribution < -0.4 is 16.0 Å². The molecule has 0 radical (unpaired) electrons. The highest BCUT2D eigenvalue weighted by Crippen LogP contribution is 2.17. The summed E-state index contributed by atoms with van der Waals surface area (Å²) in [4.78, 5) is 29.7. The highest BCUT2D eigenvalue weighted by atomic mass is 16.2. The number of hydrogen-bond acceptors (Lipinski definition) is 5. The topological polar surface area (TPSA) is 86.4 Å². The van der Waals surface area contributed by atoms with E-state index in [9.17, 15) is 9.59 Å². The van der Waals surface area contributed by atoms with Gasteiger partial charge in [-0.2, -0.15) is 0 Å². The predicted octanol–water partition coefficient (Wildman–Crippen LogP) is 2.27. The summed E-state index contributed by atoms with van der Waals surface area (Å²) in [7, 11) is 4.00. The molecule has 0 atom stereocenters. The summed E-state index contributed by atoms with van der Waals surface area (Å²) in [6, 6.07) is 8.74. The van der Waals surface area contributed by atoms with E-state index < -0.39 is 0 Å². The molecule has 1 aromatic carbocycles. The number of carbonyl (C=O) groups is 2. The minimum Gasteiger partial charge on any atom is -0.382 e. The van der Waals surface area contributed by atoms with Crippen LogP contribution in [-0.4, -0.2) is 48.9 Å². The average Bonchev–Trinajstić information content (AvgIpc) is 2.54. The fraction of sp³-hybridized carbons (Fsp3) is 0.278. The number of likely N-dealkylation sites (N-methyl/N-ethyl adjacent to an activating group) is 1. The first-order valence-electron chi connectivity index (χ1n) is 7.96. The zero-order valence-electron chi connectivity index (χ0n) is 14.7. The van der Waals surface area contributed by atoms with Crippen molar-refractivity contribution in [2.75, 3.05) is 43.1 Å². The van der Waals surface area contributed by atoms with Crippen LogP contribution in [0, 0.1) is 0 Å². The molecule has 0 aliphatic carbocycles. The lowest BCUT2D eigenvalue weighted by Crippen LogP contribution is -2.21. The third-order valence-corrected chi connectivity index (χ3v) is 3.33. The van der Waals surface area contributed by atoms with Gasteiger partial charge in [0, 0.05) is 43.8 Å². The van der Waals surface area contributed by atoms with Crippen LogP contribution in [0.5, 0.6) is 0 Å². The molecule has 2 aromatic rings. The van der Waals surface area contributed by atoms with Crippen LogP contribution >= 0.6 is 0 Å². The molecule has 0 spiro atoms. The Hall–Kier alpha value is -2.93. The Morgan fingerprint density at radius 2 is 1.76 bits per heavy atom. The van der Waals surface area contributed by atoms with E-state index in [-0.39, 0.29) is 11.8 Å². The van der Waals surface area contributed by atoms with E-state index in [1.54, 1.807) is 36.5 Å². The van der Waals surface area contributed by atoms with Crippen LogP contribution in [0.3, 0.4) is 0 Å². The zero-order chi connectivity index (χ0) is 18.2. The smallest absolute Gasteiger partial charge is 0.257 e. The van der Waals surface area contributed by atoms with E-state index in [4.69, 9.17) is 0 Å². The van der Waals surface area contributed by atoms with Gasteiger partial charge < -0.3 is 20.9 Å². The second-order valence-corrected chi connectivity index (χ2v) is 5.91. The summed E-state index contributed by atoms with van der Waals surface area (Å²) in [5.74, 6) is -0.423. The monoisotopic (exact) mass is 341 g/mol. The molecule has 0 unspecified atom stereocenters. The van der Waals surface area contributed by atoms with Crippen molar-refractivity contribution in [1.82, 2.24) is 9.88 Å². The van der Waals surface area contributed by atoms with Gasteiger partial charge in [-0.15, -0.1) is 0 Å². The standard InChI is InChI=1S/C18H23N5O2/c1-13(24)21-15-5-4-6-16(10-15)22-18(25)14-9-17(12-19-11-14)20-7-8-23(2)3/h4-6,9-12,20H,7-8H2,1-3H3,(H,21,24)(H,22,25). The van der Waals surface area contributed by atoms with Gasteiger partial charge in [-0.3, -0.25) is 14.6 Å². The van der Waals surface area contributed by atoms with Crippen molar-refractivity contribution in [1.29, 1.82) is 0 Å². The van der Waals surface area contributed by atoms with E-state index in [1.807, 2.05) is 14.1 Å². The summed E-state index contributed by atoms with van der Waals surface area (Å²) in [5, 5.41) is 8.72. The van der Waals surface area contributed by atoms with Crippen molar-refractivity contribution in [3.63, 3.8) is 0 Å². The van der Waals surface area contributed by atoms with Crippen molar-refractivity contribution in [2.45, 2.75) is 6.92 Å². The maximum atomic E-state index is 12.4. The number of amides is 2. The van der Waals surface area contributed by atoms with E-state index in [0.29, 0.717) is 16.9 Å². The number of hydrogen-bond donors (Lipinski definition) is 3. The molecule has 0 bridgehead atoms. The third kappa shape index (κ3) is 6.23. The van der Waals surface area contributed by atoms with Crippen LogP contribution in [0.2, 0.25) is 0 Å².